The molecule has 36 heavy (non-hydrogen) atoms. The molecule has 1 amide bonds. The van der Waals surface area contributed by atoms with Crippen LogP contribution in [0.15, 0.2) is 12.3 Å². The number of amides is 1. The summed E-state index contributed by atoms with van der Waals surface area (Å²) < 4.78 is 69.4. The van der Waals surface area contributed by atoms with Gasteiger partial charge in [0.15, 0.2) is 0 Å². The Bertz CT molecular complexity index is 947. The van der Waals surface area contributed by atoms with Crippen molar-refractivity contribution >= 4 is 5.91 Å². The zero-order valence-electron chi connectivity index (χ0n) is 21.3. The predicted octanol–water partition coefficient (Wildman–Crippen LogP) is 6.52. The van der Waals surface area contributed by atoms with Crippen LogP contribution in [0.25, 0.3) is 0 Å². The van der Waals surface area contributed by atoms with E-state index in [2.05, 4.69) is 11.9 Å². The van der Waals surface area contributed by atoms with Crippen molar-refractivity contribution in [2.75, 3.05) is 19.8 Å². The third-order valence-electron chi connectivity index (χ3n) is 8.79. The Labute approximate surface area is 210 Å². The maximum atomic E-state index is 13.3. The molecule has 1 aromatic heterocycles. The van der Waals surface area contributed by atoms with Crippen LogP contribution in [0.2, 0.25) is 0 Å². The third kappa shape index (κ3) is 5.55. The van der Waals surface area contributed by atoms with Crippen LogP contribution in [0.4, 0.5) is 22.0 Å². The number of nitrogens with zero attached hydrogens (tertiary/aromatic N) is 2. The Morgan fingerprint density at radius 2 is 1.94 bits per heavy atom. The third-order valence-corrected chi connectivity index (χ3v) is 8.79. The summed E-state index contributed by atoms with van der Waals surface area (Å²) in [5.74, 6) is -1.90. The molecule has 9 heteroatoms. The fourth-order valence-corrected chi connectivity index (χ4v) is 6.88. The molecule has 3 heterocycles. The van der Waals surface area contributed by atoms with Gasteiger partial charge in [-0.25, -0.2) is 8.78 Å². The molecule has 0 bridgehead atoms. The van der Waals surface area contributed by atoms with Gasteiger partial charge in [0, 0.05) is 43.9 Å². The number of pyridine rings is 1. The second-order valence-corrected chi connectivity index (χ2v) is 11.5. The summed E-state index contributed by atoms with van der Waals surface area (Å²) >= 11 is 0. The average Bonchev–Trinajstić information content (AvgIpc) is 3.34. The van der Waals surface area contributed by atoms with E-state index in [9.17, 15) is 26.7 Å². The van der Waals surface area contributed by atoms with E-state index in [0.29, 0.717) is 42.7 Å². The zero-order valence-corrected chi connectivity index (χ0v) is 21.3. The molecule has 2 saturated carbocycles. The van der Waals surface area contributed by atoms with Gasteiger partial charge >= 0.3 is 6.18 Å². The van der Waals surface area contributed by atoms with E-state index in [0.717, 1.165) is 51.6 Å². The monoisotopic (exact) mass is 516 g/mol. The van der Waals surface area contributed by atoms with Crippen LogP contribution in [-0.2, 0) is 28.7 Å². The van der Waals surface area contributed by atoms with Gasteiger partial charge in [0.1, 0.15) is 0 Å². The van der Waals surface area contributed by atoms with E-state index >= 15 is 0 Å². The molecule has 0 N–H and O–H groups in total. The molecule has 5 atom stereocenters. The summed E-state index contributed by atoms with van der Waals surface area (Å²) in [5, 5.41) is 0. The fraction of sp³-hybridized carbons (Fsp3) is 0.778. The maximum Gasteiger partial charge on any atom is 0.417 e. The van der Waals surface area contributed by atoms with E-state index in [1.807, 2.05) is 6.92 Å². The molecule has 4 aliphatic rings. The molecule has 202 valence electrons. The van der Waals surface area contributed by atoms with Crippen LogP contribution in [0.5, 0.6) is 0 Å². The Kier molecular flexibility index (Phi) is 7.71. The van der Waals surface area contributed by atoms with Gasteiger partial charge in [0.05, 0.1) is 17.6 Å². The van der Waals surface area contributed by atoms with Crippen LogP contribution in [0, 0.1) is 29.1 Å². The van der Waals surface area contributed by atoms with Gasteiger partial charge in [-0.05, 0) is 68.4 Å². The van der Waals surface area contributed by atoms with E-state index in [1.165, 1.54) is 6.07 Å². The van der Waals surface area contributed by atoms with Gasteiger partial charge in [0.2, 0.25) is 5.91 Å². The largest absolute Gasteiger partial charge is 0.417 e. The molecule has 0 radical (unpaired) electrons. The number of ether oxygens (including phenoxy) is 1. The minimum atomic E-state index is -4.40. The van der Waals surface area contributed by atoms with Crippen molar-refractivity contribution in [3.05, 3.63) is 29.1 Å². The van der Waals surface area contributed by atoms with Crippen molar-refractivity contribution < 1.29 is 31.5 Å². The van der Waals surface area contributed by atoms with Crippen molar-refractivity contribution in [1.82, 2.24) is 9.88 Å². The predicted molar refractivity (Wildman–Crippen MR) is 125 cm³/mol. The topological polar surface area (TPSA) is 42.4 Å². The number of alkyl halides is 5. The highest BCUT2D eigenvalue weighted by molar-refractivity contribution is 5.84. The van der Waals surface area contributed by atoms with Crippen molar-refractivity contribution in [3.63, 3.8) is 0 Å². The highest BCUT2D eigenvalue weighted by Crippen LogP contribution is 2.57. The first kappa shape index (κ1) is 27.3. The molecule has 0 spiro atoms. The Balaban J connectivity index is 0.000000233. The van der Waals surface area contributed by atoms with Crippen LogP contribution in [0.1, 0.15) is 76.1 Å². The zero-order chi connectivity index (χ0) is 26.3. The summed E-state index contributed by atoms with van der Waals surface area (Å²) in [6.07, 6.45) is 2.98. The van der Waals surface area contributed by atoms with Crippen LogP contribution >= 0.6 is 0 Å². The van der Waals surface area contributed by atoms with Crippen molar-refractivity contribution in [3.8, 4) is 0 Å². The van der Waals surface area contributed by atoms with E-state index in [4.69, 9.17) is 4.74 Å². The van der Waals surface area contributed by atoms with Gasteiger partial charge in [-0.2, -0.15) is 13.2 Å². The van der Waals surface area contributed by atoms with Crippen LogP contribution < -0.4 is 0 Å². The number of carbonyl (C=O) groups excluding carboxylic acids is 1. The summed E-state index contributed by atoms with van der Waals surface area (Å²) in [6, 6.07) is 1.17. The summed E-state index contributed by atoms with van der Waals surface area (Å²) in [7, 11) is 0. The lowest BCUT2D eigenvalue weighted by Crippen LogP contribution is -2.46. The summed E-state index contributed by atoms with van der Waals surface area (Å²) in [5.41, 5.74) is 0.252. The maximum absolute atomic E-state index is 13.3. The number of carbonyl (C=O) groups is 1. The SMILES string of the molecule is CC1CC2CCCC2(C(=O)N2CCc3ncc(C(F)(F)F)cc3C2)C1.C[C@@H]1CCOCC1C(C)(F)F. The highest BCUT2D eigenvalue weighted by Gasteiger charge is 2.55. The normalized spacial score (nSPS) is 32.4. The van der Waals surface area contributed by atoms with Crippen LogP contribution in [-0.4, -0.2) is 41.5 Å². The lowest BCUT2D eigenvalue weighted by atomic mass is 9.78. The van der Waals surface area contributed by atoms with Crippen molar-refractivity contribution in [1.29, 1.82) is 0 Å². The van der Waals surface area contributed by atoms with Gasteiger partial charge in [-0.3, -0.25) is 9.78 Å². The first-order valence-electron chi connectivity index (χ1n) is 13.1. The van der Waals surface area contributed by atoms with Crippen molar-refractivity contribution in [2.24, 2.45) is 29.1 Å². The molecule has 2 aliphatic carbocycles. The molecule has 4 unspecified atom stereocenters. The molecule has 3 fully saturated rings. The van der Waals surface area contributed by atoms with Crippen LogP contribution in [0.3, 0.4) is 0 Å². The molecular weight excluding hydrogens is 479 g/mol. The summed E-state index contributed by atoms with van der Waals surface area (Å²) in [4.78, 5) is 19.1. The number of aromatic nitrogens is 1. The first-order chi connectivity index (χ1) is 16.8. The van der Waals surface area contributed by atoms with E-state index < -0.39 is 23.6 Å². The Morgan fingerprint density at radius 1 is 1.19 bits per heavy atom. The smallest absolute Gasteiger partial charge is 0.381 e. The number of fused-ring (bicyclic) bond motifs is 2. The van der Waals surface area contributed by atoms with Gasteiger partial charge in [-0.15, -0.1) is 0 Å². The number of rotatable bonds is 2. The molecular formula is C27H37F5N2O2. The Morgan fingerprint density at radius 3 is 2.58 bits per heavy atom. The second kappa shape index (κ2) is 10.2. The van der Waals surface area contributed by atoms with E-state index in [-0.39, 0.29) is 30.4 Å². The lowest BCUT2D eigenvalue weighted by molar-refractivity contribution is -0.144. The first-order valence-corrected chi connectivity index (χ1v) is 13.1. The average molecular weight is 517 g/mol. The minimum absolute atomic E-state index is 0.0868. The number of hydrogen-bond acceptors (Lipinski definition) is 3. The lowest BCUT2D eigenvalue weighted by Gasteiger charge is -2.37. The molecule has 1 aromatic rings. The number of hydrogen-bond donors (Lipinski definition) is 0. The highest BCUT2D eigenvalue weighted by atomic mass is 19.4. The molecule has 4 nitrogen and oxygen atoms in total. The van der Waals surface area contributed by atoms with E-state index in [1.54, 1.807) is 4.90 Å². The molecule has 1 saturated heterocycles. The standard InChI is InChI=1S/C19H23F3N2O.C8H14F2O/c1-12-7-14-3-2-5-18(14,9-12)17(25)24-6-4-16-13(11-24)8-15(10-23-16)19(20,21)22;1-6-3-4-11-5-7(6)8(2,9)10/h8,10,12,14H,2-7,9,11H2,1H3;6-7H,3-5H2,1-2H3/t;6-,7?/m.1/s1. The Hall–Kier alpha value is -1.77. The van der Waals surface area contributed by atoms with Gasteiger partial charge < -0.3 is 9.64 Å². The molecule has 2 aliphatic heterocycles. The minimum Gasteiger partial charge on any atom is -0.381 e. The molecule has 5 rings (SSSR count). The quantitative estimate of drug-likeness (QED) is 0.421. The van der Waals surface area contributed by atoms with Gasteiger partial charge in [-0.1, -0.05) is 20.3 Å². The molecule has 0 aromatic carbocycles. The number of halogens is 5. The van der Waals surface area contributed by atoms with Crippen molar-refractivity contribution in [2.45, 2.75) is 84.4 Å². The summed E-state index contributed by atoms with van der Waals surface area (Å²) in [6.45, 7) is 6.71. The fourth-order valence-electron chi connectivity index (χ4n) is 6.88. The second-order valence-electron chi connectivity index (χ2n) is 11.5. The van der Waals surface area contributed by atoms with Gasteiger partial charge in [0.25, 0.3) is 5.92 Å².